The molecule has 0 heterocycles. The Bertz CT molecular complexity index is 531. The molecule has 5 heteroatoms. The van der Waals surface area contributed by atoms with E-state index in [0.717, 1.165) is 31.2 Å². The number of ether oxygens (including phenoxy) is 1. The molecule has 0 aliphatic heterocycles. The summed E-state index contributed by atoms with van der Waals surface area (Å²) in [6.07, 6.45) is 3.61. The van der Waals surface area contributed by atoms with E-state index in [9.17, 15) is 9.59 Å². The lowest BCUT2D eigenvalue weighted by atomic mass is 9.98. The number of nitrogens with one attached hydrogen (secondary N) is 2. The Labute approximate surface area is 145 Å². The molecule has 2 amide bonds. The van der Waals surface area contributed by atoms with Gasteiger partial charge in [-0.15, -0.1) is 0 Å². The van der Waals surface area contributed by atoms with Crippen molar-refractivity contribution in [2.45, 2.75) is 71.8 Å². The first-order valence-corrected chi connectivity index (χ1v) is 8.83. The lowest BCUT2D eigenvalue weighted by molar-refractivity contribution is -0.132. The zero-order valence-corrected chi connectivity index (χ0v) is 15.2. The summed E-state index contributed by atoms with van der Waals surface area (Å²) in [6, 6.07) is 7.75. The van der Waals surface area contributed by atoms with Crippen molar-refractivity contribution in [1.82, 2.24) is 10.9 Å². The van der Waals surface area contributed by atoms with E-state index in [1.54, 1.807) is 6.92 Å². The highest BCUT2D eigenvalue weighted by atomic mass is 16.5. The number of unbranched alkanes of at least 4 members (excludes halogenated alkanes) is 2. The van der Waals surface area contributed by atoms with E-state index in [1.165, 1.54) is 0 Å². The maximum Gasteiger partial charge on any atom is 0.279 e. The molecule has 0 bridgehead atoms. The molecule has 2 atom stereocenters. The van der Waals surface area contributed by atoms with E-state index in [4.69, 9.17) is 4.74 Å². The van der Waals surface area contributed by atoms with Gasteiger partial charge in [-0.3, -0.25) is 20.4 Å². The second-order valence-corrected chi connectivity index (χ2v) is 6.10. The van der Waals surface area contributed by atoms with Crippen molar-refractivity contribution in [3.05, 3.63) is 29.8 Å². The van der Waals surface area contributed by atoms with Gasteiger partial charge in [0.05, 0.1) is 0 Å². The van der Waals surface area contributed by atoms with Crippen LogP contribution in [0.5, 0.6) is 5.75 Å². The maximum atomic E-state index is 12.1. The molecule has 24 heavy (non-hydrogen) atoms. The van der Waals surface area contributed by atoms with Gasteiger partial charge in [-0.25, -0.2) is 0 Å². The Kier molecular flexibility index (Phi) is 8.90. The van der Waals surface area contributed by atoms with E-state index in [2.05, 4.69) is 31.6 Å². The van der Waals surface area contributed by atoms with Crippen molar-refractivity contribution in [2.75, 3.05) is 0 Å². The van der Waals surface area contributed by atoms with E-state index in [-0.39, 0.29) is 11.8 Å². The van der Waals surface area contributed by atoms with Crippen LogP contribution in [0.3, 0.4) is 0 Å². The maximum absolute atomic E-state index is 12.1. The predicted octanol–water partition coefficient (Wildman–Crippen LogP) is 3.70. The normalized spacial score (nSPS) is 13.0. The minimum Gasteiger partial charge on any atom is -0.481 e. The second kappa shape index (κ2) is 10.7. The van der Waals surface area contributed by atoms with Crippen molar-refractivity contribution in [1.29, 1.82) is 0 Å². The van der Waals surface area contributed by atoms with Gasteiger partial charge >= 0.3 is 0 Å². The minimum atomic E-state index is -0.689. The zero-order chi connectivity index (χ0) is 17.9. The van der Waals surface area contributed by atoms with Gasteiger partial charge in [0.2, 0.25) is 5.91 Å². The van der Waals surface area contributed by atoms with Crippen LogP contribution >= 0.6 is 0 Å². The topological polar surface area (TPSA) is 67.4 Å². The van der Waals surface area contributed by atoms with Gasteiger partial charge in [-0.2, -0.15) is 0 Å². The quantitative estimate of drug-likeness (QED) is 0.534. The average molecular weight is 334 g/mol. The van der Waals surface area contributed by atoms with Crippen molar-refractivity contribution < 1.29 is 14.3 Å². The summed E-state index contributed by atoms with van der Waals surface area (Å²) in [5.41, 5.74) is 5.95. The van der Waals surface area contributed by atoms with Crippen LogP contribution in [-0.2, 0) is 9.59 Å². The molecule has 1 aromatic rings. The number of benzene rings is 1. The molecule has 0 aliphatic rings. The third-order valence-corrected chi connectivity index (χ3v) is 4.07. The monoisotopic (exact) mass is 334 g/mol. The molecule has 0 saturated heterocycles. The summed E-state index contributed by atoms with van der Waals surface area (Å²) in [6.45, 7) is 8.00. The minimum absolute atomic E-state index is 0.177. The lowest BCUT2D eigenvalue weighted by Gasteiger charge is -2.19. The van der Waals surface area contributed by atoms with Crippen molar-refractivity contribution in [2.24, 2.45) is 0 Å². The number of hydrogen-bond donors (Lipinski definition) is 2. The van der Waals surface area contributed by atoms with Gasteiger partial charge in [-0.1, -0.05) is 51.8 Å². The fourth-order valence-electron chi connectivity index (χ4n) is 2.29. The number of para-hydroxylation sites is 1. The van der Waals surface area contributed by atoms with Crippen molar-refractivity contribution >= 4 is 11.8 Å². The summed E-state index contributed by atoms with van der Waals surface area (Å²) in [5, 5.41) is 0. The molecule has 0 fully saturated rings. The van der Waals surface area contributed by atoms with Crippen LogP contribution in [-0.4, -0.2) is 17.9 Å². The second-order valence-electron chi connectivity index (χ2n) is 6.10. The summed E-state index contributed by atoms with van der Waals surface area (Å²) >= 11 is 0. The summed E-state index contributed by atoms with van der Waals surface area (Å²) < 4.78 is 5.80. The number of carbonyl (C=O) groups is 2. The Hall–Kier alpha value is -2.04. The molecule has 2 unspecified atom stereocenters. The fourth-order valence-corrected chi connectivity index (χ4v) is 2.29. The van der Waals surface area contributed by atoms with Crippen LogP contribution in [0.1, 0.15) is 71.3 Å². The Morgan fingerprint density at radius 1 is 1.08 bits per heavy atom. The molecule has 0 spiro atoms. The standard InChI is InChI=1S/C19H30N2O3/c1-5-7-8-13-18(22)20-21-19(23)15(4)24-17-12-10-9-11-16(17)14(3)6-2/h9-12,14-15H,5-8,13H2,1-4H3,(H,20,22)(H,21,23). The van der Waals surface area contributed by atoms with Crippen LogP contribution in [0.4, 0.5) is 0 Å². The highest BCUT2D eigenvalue weighted by molar-refractivity contribution is 5.84. The van der Waals surface area contributed by atoms with E-state index >= 15 is 0 Å². The molecule has 1 rings (SSSR count). The van der Waals surface area contributed by atoms with E-state index < -0.39 is 6.10 Å². The zero-order valence-electron chi connectivity index (χ0n) is 15.2. The molecule has 134 valence electrons. The van der Waals surface area contributed by atoms with Crippen molar-refractivity contribution in [3.63, 3.8) is 0 Å². The SMILES string of the molecule is CCCCCC(=O)NNC(=O)C(C)Oc1ccccc1C(C)CC. The first-order chi connectivity index (χ1) is 11.5. The van der Waals surface area contributed by atoms with E-state index in [0.29, 0.717) is 18.1 Å². The third-order valence-electron chi connectivity index (χ3n) is 4.07. The molecule has 0 aromatic heterocycles. The molecular formula is C19H30N2O3. The van der Waals surface area contributed by atoms with Gasteiger partial charge in [0, 0.05) is 6.42 Å². The van der Waals surface area contributed by atoms with Gasteiger partial charge in [0.15, 0.2) is 6.10 Å². The van der Waals surface area contributed by atoms with Crippen molar-refractivity contribution in [3.8, 4) is 5.75 Å². The first-order valence-electron chi connectivity index (χ1n) is 8.83. The van der Waals surface area contributed by atoms with Gasteiger partial charge in [-0.05, 0) is 37.3 Å². The Morgan fingerprint density at radius 2 is 1.79 bits per heavy atom. The average Bonchev–Trinajstić information content (AvgIpc) is 2.59. The Balaban J connectivity index is 2.51. The van der Waals surface area contributed by atoms with Crippen LogP contribution in [0.2, 0.25) is 0 Å². The van der Waals surface area contributed by atoms with Crippen LogP contribution < -0.4 is 15.6 Å². The highest BCUT2D eigenvalue weighted by Crippen LogP contribution is 2.29. The third kappa shape index (κ3) is 6.60. The highest BCUT2D eigenvalue weighted by Gasteiger charge is 2.18. The summed E-state index contributed by atoms with van der Waals surface area (Å²) in [5.74, 6) is 0.528. The molecule has 2 N–H and O–H groups in total. The fraction of sp³-hybridized carbons (Fsp3) is 0.579. The lowest BCUT2D eigenvalue weighted by Crippen LogP contribution is -2.47. The summed E-state index contributed by atoms with van der Waals surface area (Å²) in [4.78, 5) is 23.7. The van der Waals surface area contributed by atoms with Crippen LogP contribution in [0.25, 0.3) is 0 Å². The summed E-state index contributed by atoms with van der Waals surface area (Å²) in [7, 11) is 0. The molecule has 0 aliphatic carbocycles. The van der Waals surface area contributed by atoms with Gasteiger partial charge < -0.3 is 4.74 Å². The molecule has 0 saturated carbocycles. The number of amides is 2. The molecule has 5 nitrogen and oxygen atoms in total. The number of hydrogen-bond acceptors (Lipinski definition) is 3. The number of hydrazine groups is 1. The Morgan fingerprint density at radius 3 is 2.46 bits per heavy atom. The molecular weight excluding hydrogens is 304 g/mol. The predicted molar refractivity (Wildman–Crippen MR) is 95.7 cm³/mol. The molecule has 1 aromatic carbocycles. The smallest absolute Gasteiger partial charge is 0.279 e. The van der Waals surface area contributed by atoms with E-state index in [1.807, 2.05) is 24.3 Å². The number of carbonyl (C=O) groups excluding carboxylic acids is 2. The van der Waals surface area contributed by atoms with Gasteiger partial charge in [0.1, 0.15) is 5.75 Å². The van der Waals surface area contributed by atoms with Crippen LogP contribution in [0, 0.1) is 0 Å². The van der Waals surface area contributed by atoms with Crippen LogP contribution in [0.15, 0.2) is 24.3 Å². The molecule has 0 radical (unpaired) electrons. The van der Waals surface area contributed by atoms with Gasteiger partial charge in [0.25, 0.3) is 5.91 Å². The number of rotatable bonds is 9. The largest absolute Gasteiger partial charge is 0.481 e. The first kappa shape index (κ1) is 20.0.